The van der Waals surface area contributed by atoms with Gasteiger partial charge in [-0.05, 0) is 23.6 Å². The van der Waals surface area contributed by atoms with Crippen molar-refractivity contribution in [2.24, 2.45) is 10.7 Å². The van der Waals surface area contributed by atoms with Gasteiger partial charge < -0.3 is 5.73 Å². The standard InChI is InChI=1S/C14H15N3O/c15-14(17-18)16-13-9-5-4-8-12(13)10-11-6-2-1-3-7-11/h1-9,18H,10H2,(H3,15,16,17). The van der Waals surface area contributed by atoms with E-state index < -0.39 is 0 Å². The van der Waals surface area contributed by atoms with Crippen LogP contribution < -0.4 is 11.2 Å². The number of rotatable bonds is 3. The molecule has 4 N–H and O–H groups in total. The molecule has 0 saturated heterocycles. The van der Waals surface area contributed by atoms with Crippen LogP contribution in [0.2, 0.25) is 0 Å². The van der Waals surface area contributed by atoms with Crippen LogP contribution in [0.25, 0.3) is 0 Å². The maximum atomic E-state index is 8.67. The summed E-state index contributed by atoms with van der Waals surface area (Å²) < 4.78 is 0. The second-order valence-electron chi connectivity index (χ2n) is 3.90. The number of nitrogens with two attached hydrogens (primary N) is 1. The highest BCUT2D eigenvalue weighted by atomic mass is 16.5. The molecule has 0 radical (unpaired) electrons. The van der Waals surface area contributed by atoms with Crippen LogP contribution in [0, 0.1) is 0 Å². The van der Waals surface area contributed by atoms with E-state index in [4.69, 9.17) is 10.9 Å². The van der Waals surface area contributed by atoms with Gasteiger partial charge in [0.25, 0.3) is 0 Å². The van der Waals surface area contributed by atoms with Crippen molar-refractivity contribution in [1.82, 2.24) is 5.48 Å². The number of guanidine groups is 1. The Balaban J connectivity index is 2.28. The normalized spacial score (nSPS) is 11.3. The molecule has 4 heteroatoms. The van der Waals surface area contributed by atoms with Crippen molar-refractivity contribution >= 4 is 11.6 Å². The first kappa shape index (κ1) is 12.1. The molecule has 0 heterocycles. The average molecular weight is 241 g/mol. The first-order valence-corrected chi connectivity index (χ1v) is 5.65. The third-order valence-corrected chi connectivity index (χ3v) is 2.58. The number of aliphatic imine (C=N–C) groups is 1. The smallest absolute Gasteiger partial charge is 0.218 e. The predicted octanol–water partition coefficient (Wildman–Crippen LogP) is 2.20. The van der Waals surface area contributed by atoms with Crippen LogP contribution in [0.4, 0.5) is 5.69 Å². The van der Waals surface area contributed by atoms with Crippen LogP contribution >= 0.6 is 0 Å². The van der Waals surface area contributed by atoms with Crippen LogP contribution in [0.3, 0.4) is 0 Å². The molecule has 2 rings (SSSR count). The van der Waals surface area contributed by atoms with Crippen molar-refractivity contribution in [3.8, 4) is 0 Å². The monoisotopic (exact) mass is 241 g/mol. The molecule has 0 aliphatic rings. The van der Waals surface area contributed by atoms with Gasteiger partial charge in [0, 0.05) is 0 Å². The molecule has 2 aromatic carbocycles. The van der Waals surface area contributed by atoms with Gasteiger partial charge in [0.2, 0.25) is 5.96 Å². The third kappa shape index (κ3) is 3.09. The minimum atomic E-state index is -0.0180. The van der Waals surface area contributed by atoms with Crippen molar-refractivity contribution in [3.63, 3.8) is 0 Å². The van der Waals surface area contributed by atoms with Crippen LogP contribution in [-0.2, 0) is 6.42 Å². The minimum absolute atomic E-state index is 0.0180. The number of hydrogen-bond donors (Lipinski definition) is 3. The van der Waals surface area contributed by atoms with Crippen LogP contribution in [0.1, 0.15) is 11.1 Å². The topological polar surface area (TPSA) is 70.6 Å². The molecule has 0 aliphatic carbocycles. The molecule has 0 aromatic heterocycles. The van der Waals surface area contributed by atoms with Gasteiger partial charge in [-0.1, -0.05) is 48.5 Å². The van der Waals surface area contributed by atoms with Gasteiger partial charge in [-0.25, -0.2) is 10.5 Å². The van der Waals surface area contributed by atoms with Gasteiger partial charge in [-0.2, -0.15) is 0 Å². The highest BCUT2D eigenvalue weighted by Crippen LogP contribution is 2.21. The summed E-state index contributed by atoms with van der Waals surface area (Å²) >= 11 is 0. The van der Waals surface area contributed by atoms with E-state index in [1.807, 2.05) is 47.9 Å². The molecule has 0 unspecified atom stereocenters. The zero-order valence-corrected chi connectivity index (χ0v) is 9.88. The molecule has 92 valence electrons. The molecule has 0 atom stereocenters. The van der Waals surface area contributed by atoms with Crippen molar-refractivity contribution < 1.29 is 5.21 Å². The fourth-order valence-electron chi connectivity index (χ4n) is 1.74. The van der Waals surface area contributed by atoms with Crippen LogP contribution in [-0.4, -0.2) is 11.2 Å². The van der Waals surface area contributed by atoms with Crippen LogP contribution in [0.5, 0.6) is 0 Å². The summed E-state index contributed by atoms with van der Waals surface area (Å²) in [5, 5.41) is 8.67. The summed E-state index contributed by atoms with van der Waals surface area (Å²) in [6.07, 6.45) is 0.777. The highest BCUT2D eigenvalue weighted by molar-refractivity contribution is 5.80. The molecular formula is C14H15N3O. The Morgan fingerprint density at radius 3 is 2.44 bits per heavy atom. The van der Waals surface area contributed by atoms with Crippen molar-refractivity contribution in [2.45, 2.75) is 6.42 Å². The molecule has 4 nitrogen and oxygen atoms in total. The summed E-state index contributed by atoms with van der Waals surface area (Å²) in [6.45, 7) is 0. The number of nitrogens with one attached hydrogen (secondary N) is 1. The number of nitrogens with zero attached hydrogens (tertiary/aromatic N) is 1. The fraction of sp³-hybridized carbons (Fsp3) is 0.0714. The third-order valence-electron chi connectivity index (χ3n) is 2.58. The van der Waals surface area contributed by atoms with E-state index in [9.17, 15) is 0 Å². The van der Waals surface area contributed by atoms with Crippen molar-refractivity contribution in [3.05, 3.63) is 65.7 Å². The number of para-hydroxylation sites is 1. The van der Waals surface area contributed by atoms with Gasteiger partial charge in [-0.15, -0.1) is 0 Å². The van der Waals surface area contributed by atoms with Gasteiger partial charge in [0.05, 0.1) is 5.69 Å². The lowest BCUT2D eigenvalue weighted by Crippen LogP contribution is -2.27. The van der Waals surface area contributed by atoms with E-state index in [0.29, 0.717) is 0 Å². The Kier molecular flexibility index (Phi) is 3.94. The summed E-state index contributed by atoms with van der Waals surface area (Å²) in [5.74, 6) is -0.0180. The van der Waals surface area contributed by atoms with E-state index >= 15 is 0 Å². The van der Waals surface area contributed by atoms with Gasteiger partial charge in [-0.3, -0.25) is 5.21 Å². The summed E-state index contributed by atoms with van der Waals surface area (Å²) in [5.41, 5.74) is 10.3. The average Bonchev–Trinajstić information content (AvgIpc) is 2.42. The Hall–Kier alpha value is -2.33. The van der Waals surface area contributed by atoms with Crippen molar-refractivity contribution in [1.29, 1.82) is 0 Å². The maximum absolute atomic E-state index is 8.67. The molecule has 2 aromatic rings. The SMILES string of the molecule is NC(=Nc1ccccc1Cc1ccccc1)NO. The molecule has 0 saturated carbocycles. The van der Waals surface area contributed by atoms with E-state index in [2.05, 4.69) is 17.1 Å². The zero-order chi connectivity index (χ0) is 12.8. The first-order valence-electron chi connectivity index (χ1n) is 5.65. The predicted molar refractivity (Wildman–Crippen MR) is 71.9 cm³/mol. The lowest BCUT2D eigenvalue weighted by Gasteiger charge is -2.06. The van der Waals surface area contributed by atoms with Crippen LogP contribution in [0.15, 0.2) is 59.6 Å². The molecule has 0 bridgehead atoms. The Morgan fingerprint density at radius 1 is 1.06 bits per heavy atom. The van der Waals surface area contributed by atoms with E-state index in [-0.39, 0.29) is 5.96 Å². The first-order chi connectivity index (χ1) is 8.79. The van der Waals surface area contributed by atoms with E-state index in [1.165, 1.54) is 5.56 Å². The largest absolute Gasteiger partial charge is 0.368 e. The molecule has 0 spiro atoms. The molecule has 0 aliphatic heterocycles. The molecule has 18 heavy (non-hydrogen) atoms. The van der Waals surface area contributed by atoms with E-state index in [1.54, 1.807) is 0 Å². The summed E-state index contributed by atoms with van der Waals surface area (Å²) in [6, 6.07) is 17.8. The second kappa shape index (κ2) is 5.84. The molecule has 0 amide bonds. The lowest BCUT2D eigenvalue weighted by atomic mass is 10.0. The molecule has 0 fully saturated rings. The molecular weight excluding hydrogens is 226 g/mol. The second-order valence-corrected chi connectivity index (χ2v) is 3.90. The highest BCUT2D eigenvalue weighted by Gasteiger charge is 2.02. The maximum Gasteiger partial charge on any atom is 0.218 e. The lowest BCUT2D eigenvalue weighted by molar-refractivity contribution is 0.233. The zero-order valence-electron chi connectivity index (χ0n) is 9.88. The van der Waals surface area contributed by atoms with Gasteiger partial charge >= 0.3 is 0 Å². The van der Waals surface area contributed by atoms with Gasteiger partial charge in [0.1, 0.15) is 0 Å². The van der Waals surface area contributed by atoms with E-state index in [0.717, 1.165) is 17.7 Å². The fourth-order valence-corrected chi connectivity index (χ4v) is 1.74. The summed E-state index contributed by atoms with van der Waals surface area (Å²) in [4.78, 5) is 4.11. The summed E-state index contributed by atoms with van der Waals surface area (Å²) in [7, 11) is 0. The minimum Gasteiger partial charge on any atom is -0.368 e. The van der Waals surface area contributed by atoms with Gasteiger partial charge in [0.15, 0.2) is 0 Å². The Labute approximate surface area is 106 Å². The Morgan fingerprint density at radius 2 is 1.72 bits per heavy atom. The quantitative estimate of drug-likeness (QED) is 0.438. The van der Waals surface area contributed by atoms with Crippen molar-refractivity contribution in [2.75, 3.05) is 0 Å². The number of benzene rings is 2. The Bertz CT molecular complexity index is 538. The number of hydrogen-bond acceptors (Lipinski definition) is 2. The number of hydroxylamine groups is 1.